The molecule has 0 fully saturated rings. The molecule has 2 rings (SSSR count). The van der Waals surface area contributed by atoms with E-state index in [1.54, 1.807) is 12.1 Å². The molecule has 0 saturated heterocycles. The molecular formula is C20H22F3NO5S. The Bertz CT molecular complexity index is 959. The molecule has 6 nitrogen and oxygen atoms in total. The molecule has 2 aromatic rings. The molecule has 0 aromatic heterocycles. The Hall–Kier alpha value is -2.59. The Morgan fingerprint density at radius 3 is 2.33 bits per heavy atom. The summed E-state index contributed by atoms with van der Waals surface area (Å²) in [7, 11) is -2.15. The average molecular weight is 445 g/mol. The Labute approximate surface area is 173 Å². The minimum atomic E-state index is -4.55. The molecule has 0 aliphatic rings. The van der Waals surface area contributed by atoms with Crippen molar-refractivity contribution >= 4 is 16.0 Å². The van der Waals surface area contributed by atoms with E-state index in [1.807, 2.05) is 0 Å². The number of amides is 1. The van der Waals surface area contributed by atoms with Gasteiger partial charge in [-0.1, -0.05) is 18.2 Å². The van der Waals surface area contributed by atoms with Crippen molar-refractivity contribution in [2.24, 2.45) is 0 Å². The Kier molecular flexibility index (Phi) is 7.85. The number of hydrogen-bond acceptors (Lipinski definition) is 5. The summed E-state index contributed by atoms with van der Waals surface area (Å²) < 4.78 is 71.1. The van der Waals surface area contributed by atoms with E-state index in [0.717, 1.165) is 18.4 Å². The Balaban J connectivity index is 2.22. The molecule has 0 spiro atoms. The summed E-state index contributed by atoms with van der Waals surface area (Å²) in [6, 6.07) is 10.3. The third-order valence-corrected chi connectivity index (χ3v) is 4.54. The van der Waals surface area contributed by atoms with Gasteiger partial charge >= 0.3 is 16.3 Å². The molecule has 0 bridgehead atoms. The lowest BCUT2D eigenvalue weighted by Crippen LogP contribution is -2.32. The summed E-state index contributed by atoms with van der Waals surface area (Å²) in [6.45, 7) is 0.774. The smallest absolute Gasteiger partial charge is 0.385 e. The van der Waals surface area contributed by atoms with Gasteiger partial charge in [0.2, 0.25) is 0 Å². The SMILES string of the molecule is COCCCN(Cc1ccc(OS(C)(=O)=O)cc1)C(=O)c1cccc(C(F)(F)F)c1. The minimum absolute atomic E-state index is 0.0701. The van der Waals surface area contributed by atoms with E-state index in [4.69, 9.17) is 8.92 Å². The number of benzene rings is 2. The van der Waals surface area contributed by atoms with E-state index >= 15 is 0 Å². The topological polar surface area (TPSA) is 72.9 Å². The van der Waals surface area contributed by atoms with Crippen LogP contribution in [0.25, 0.3) is 0 Å². The summed E-state index contributed by atoms with van der Waals surface area (Å²) >= 11 is 0. The van der Waals surface area contributed by atoms with Gasteiger partial charge in [-0.2, -0.15) is 21.6 Å². The highest BCUT2D eigenvalue weighted by atomic mass is 32.2. The lowest BCUT2D eigenvalue weighted by atomic mass is 10.1. The van der Waals surface area contributed by atoms with Crippen molar-refractivity contribution < 1.29 is 35.3 Å². The first-order chi connectivity index (χ1) is 14.0. The second-order valence-electron chi connectivity index (χ2n) is 6.58. The third-order valence-electron chi connectivity index (χ3n) is 4.04. The second kappa shape index (κ2) is 9.94. The van der Waals surface area contributed by atoms with Crippen LogP contribution in [0.15, 0.2) is 48.5 Å². The Morgan fingerprint density at radius 2 is 1.77 bits per heavy atom. The summed E-state index contributed by atoms with van der Waals surface area (Å²) in [5, 5.41) is 0. The van der Waals surface area contributed by atoms with Crippen molar-refractivity contribution in [2.75, 3.05) is 26.5 Å². The molecule has 10 heteroatoms. The van der Waals surface area contributed by atoms with Gasteiger partial charge in [0.1, 0.15) is 5.75 Å². The van der Waals surface area contributed by atoms with E-state index in [1.165, 1.54) is 36.3 Å². The highest BCUT2D eigenvalue weighted by Crippen LogP contribution is 2.30. The maximum atomic E-state index is 13.0. The number of ether oxygens (including phenoxy) is 1. The molecule has 0 N–H and O–H groups in total. The van der Waals surface area contributed by atoms with Crippen LogP contribution < -0.4 is 4.18 Å². The van der Waals surface area contributed by atoms with Gasteiger partial charge in [-0.25, -0.2) is 0 Å². The normalized spacial score (nSPS) is 11.9. The number of carbonyl (C=O) groups excluding carboxylic acids is 1. The van der Waals surface area contributed by atoms with Gasteiger partial charge in [-0.15, -0.1) is 0 Å². The van der Waals surface area contributed by atoms with Crippen LogP contribution in [0.1, 0.15) is 27.9 Å². The zero-order valence-corrected chi connectivity index (χ0v) is 17.3. The summed E-state index contributed by atoms with van der Waals surface area (Å²) in [4.78, 5) is 14.3. The number of hydrogen-bond donors (Lipinski definition) is 0. The van der Waals surface area contributed by atoms with Crippen molar-refractivity contribution in [1.29, 1.82) is 0 Å². The first-order valence-corrected chi connectivity index (χ1v) is 10.7. The molecule has 30 heavy (non-hydrogen) atoms. The molecule has 0 aliphatic carbocycles. The van der Waals surface area contributed by atoms with E-state index in [9.17, 15) is 26.4 Å². The van der Waals surface area contributed by atoms with E-state index < -0.39 is 27.8 Å². The van der Waals surface area contributed by atoms with Crippen LogP contribution in [0.3, 0.4) is 0 Å². The summed E-state index contributed by atoms with van der Waals surface area (Å²) in [5.74, 6) is -0.426. The molecule has 2 aromatic carbocycles. The van der Waals surface area contributed by atoms with Crippen molar-refractivity contribution in [3.8, 4) is 5.75 Å². The quantitative estimate of drug-likeness (QED) is 0.435. The molecule has 0 unspecified atom stereocenters. The third kappa shape index (κ3) is 7.34. The van der Waals surface area contributed by atoms with Crippen molar-refractivity contribution in [3.05, 3.63) is 65.2 Å². The first kappa shape index (κ1) is 23.7. The Morgan fingerprint density at radius 1 is 1.10 bits per heavy atom. The fraction of sp³-hybridized carbons (Fsp3) is 0.350. The molecule has 1 amide bonds. The van der Waals surface area contributed by atoms with Crippen LogP contribution in [0.4, 0.5) is 13.2 Å². The van der Waals surface area contributed by atoms with Crippen molar-refractivity contribution in [3.63, 3.8) is 0 Å². The summed E-state index contributed by atoms with van der Waals surface area (Å²) in [6.07, 6.45) is -3.13. The molecule has 164 valence electrons. The van der Waals surface area contributed by atoms with Crippen molar-refractivity contribution in [1.82, 2.24) is 4.90 Å². The molecule has 0 radical (unpaired) electrons. The van der Waals surface area contributed by atoms with Crippen molar-refractivity contribution in [2.45, 2.75) is 19.1 Å². The second-order valence-corrected chi connectivity index (χ2v) is 8.16. The number of nitrogens with zero attached hydrogens (tertiary/aromatic N) is 1. The highest BCUT2D eigenvalue weighted by molar-refractivity contribution is 7.86. The standard InChI is InChI=1S/C20H22F3NO5S/c1-28-12-4-11-24(14-15-7-9-18(10-8-15)29-30(2,26)27)19(25)16-5-3-6-17(13-16)20(21,22)23/h3,5-10,13H,4,11-12,14H2,1-2H3. The molecule has 0 aliphatic heterocycles. The monoisotopic (exact) mass is 445 g/mol. The van der Waals surface area contributed by atoms with Gasteiger partial charge < -0.3 is 13.8 Å². The van der Waals surface area contributed by atoms with E-state index in [2.05, 4.69) is 0 Å². The lowest BCUT2D eigenvalue weighted by molar-refractivity contribution is -0.137. The lowest BCUT2D eigenvalue weighted by Gasteiger charge is -2.23. The number of alkyl halides is 3. The van der Waals surface area contributed by atoms with Gasteiger partial charge in [0.25, 0.3) is 5.91 Å². The molecule has 0 heterocycles. The van der Waals surface area contributed by atoms with Gasteiger partial charge in [0, 0.05) is 32.4 Å². The first-order valence-electron chi connectivity index (χ1n) is 8.93. The van der Waals surface area contributed by atoms with Crippen LogP contribution in [0.2, 0.25) is 0 Å². The number of halogens is 3. The van der Waals surface area contributed by atoms with Gasteiger partial charge in [0.15, 0.2) is 0 Å². The fourth-order valence-corrected chi connectivity index (χ4v) is 3.17. The minimum Gasteiger partial charge on any atom is -0.385 e. The van der Waals surface area contributed by atoms with Crippen LogP contribution >= 0.6 is 0 Å². The maximum Gasteiger partial charge on any atom is 0.416 e. The molecular weight excluding hydrogens is 423 g/mol. The number of rotatable bonds is 9. The predicted molar refractivity (Wildman–Crippen MR) is 105 cm³/mol. The van der Waals surface area contributed by atoms with Gasteiger partial charge in [0.05, 0.1) is 11.8 Å². The molecule has 0 saturated carbocycles. The number of carbonyl (C=O) groups is 1. The van der Waals surface area contributed by atoms with E-state index in [-0.39, 0.29) is 24.4 Å². The molecule has 0 atom stereocenters. The fourth-order valence-electron chi connectivity index (χ4n) is 2.71. The largest absolute Gasteiger partial charge is 0.416 e. The zero-order chi connectivity index (χ0) is 22.4. The predicted octanol–water partition coefficient (Wildman–Crippen LogP) is 3.72. The summed E-state index contributed by atoms with van der Waals surface area (Å²) in [5.41, 5.74) is -0.305. The maximum absolute atomic E-state index is 13.0. The zero-order valence-electron chi connectivity index (χ0n) is 16.5. The van der Waals surface area contributed by atoms with Crippen LogP contribution in [0, 0.1) is 0 Å². The van der Waals surface area contributed by atoms with Gasteiger partial charge in [-0.3, -0.25) is 4.79 Å². The van der Waals surface area contributed by atoms with Crippen LogP contribution in [0.5, 0.6) is 5.75 Å². The number of methoxy groups -OCH3 is 1. The van der Waals surface area contributed by atoms with E-state index in [0.29, 0.717) is 18.6 Å². The van der Waals surface area contributed by atoms with Gasteiger partial charge in [-0.05, 0) is 42.3 Å². The van der Waals surface area contributed by atoms with Crippen LogP contribution in [-0.4, -0.2) is 45.7 Å². The average Bonchev–Trinajstić information content (AvgIpc) is 2.66. The highest BCUT2D eigenvalue weighted by Gasteiger charge is 2.31. The van der Waals surface area contributed by atoms with Crippen LogP contribution in [-0.2, 0) is 27.6 Å².